The molecule has 84 valence electrons. The molecule has 0 atom stereocenters. The van der Waals surface area contributed by atoms with Crippen LogP contribution < -0.4 is 0 Å². The van der Waals surface area contributed by atoms with Gasteiger partial charge in [-0.3, -0.25) is 4.90 Å². The Balaban J connectivity index is 2.06. The standard InChI is InChI=1S/C11H23NOS/c1-9(2)7-14-10-5-12(6-10)8-11(3,4)13/h9-10,13H,5-8H2,1-4H3. The summed E-state index contributed by atoms with van der Waals surface area (Å²) in [5, 5.41) is 10.4. The Morgan fingerprint density at radius 1 is 1.43 bits per heavy atom. The van der Waals surface area contributed by atoms with E-state index in [9.17, 15) is 5.11 Å². The number of aliphatic hydroxyl groups is 1. The molecule has 1 N–H and O–H groups in total. The molecule has 0 radical (unpaired) electrons. The van der Waals surface area contributed by atoms with Crippen molar-refractivity contribution >= 4 is 11.8 Å². The molecule has 1 fully saturated rings. The predicted octanol–water partition coefficient (Wildman–Crippen LogP) is 1.83. The van der Waals surface area contributed by atoms with Crippen LogP contribution in [0.3, 0.4) is 0 Å². The lowest BCUT2D eigenvalue weighted by Gasteiger charge is -2.41. The van der Waals surface area contributed by atoms with Crippen molar-refractivity contribution in [2.24, 2.45) is 5.92 Å². The normalized spacial score (nSPS) is 20.1. The first kappa shape index (κ1) is 12.3. The van der Waals surface area contributed by atoms with Crippen LogP contribution in [0.25, 0.3) is 0 Å². The van der Waals surface area contributed by atoms with Gasteiger partial charge >= 0.3 is 0 Å². The van der Waals surface area contributed by atoms with Crippen LogP contribution >= 0.6 is 11.8 Å². The van der Waals surface area contributed by atoms with E-state index in [2.05, 4.69) is 30.5 Å². The first-order valence-electron chi connectivity index (χ1n) is 5.43. The number of nitrogens with zero attached hydrogens (tertiary/aromatic N) is 1. The summed E-state index contributed by atoms with van der Waals surface area (Å²) >= 11 is 2.08. The van der Waals surface area contributed by atoms with Crippen molar-refractivity contribution in [3.63, 3.8) is 0 Å². The van der Waals surface area contributed by atoms with Gasteiger partial charge in [0.25, 0.3) is 0 Å². The first-order valence-corrected chi connectivity index (χ1v) is 6.48. The fourth-order valence-corrected chi connectivity index (χ4v) is 2.92. The molecule has 0 amide bonds. The summed E-state index contributed by atoms with van der Waals surface area (Å²) in [5.41, 5.74) is -0.534. The van der Waals surface area contributed by atoms with Gasteiger partial charge in [0, 0.05) is 24.9 Å². The third-order valence-corrected chi connectivity index (χ3v) is 3.83. The molecule has 1 rings (SSSR count). The van der Waals surface area contributed by atoms with E-state index in [0.717, 1.165) is 30.8 Å². The van der Waals surface area contributed by atoms with Gasteiger partial charge in [0.1, 0.15) is 0 Å². The molecule has 0 aromatic heterocycles. The van der Waals surface area contributed by atoms with Crippen LogP contribution in [-0.2, 0) is 0 Å². The van der Waals surface area contributed by atoms with Crippen molar-refractivity contribution in [3.8, 4) is 0 Å². The highest BCUT2D eigenvalue weighted by Gasteiger charge is 2.30. The van der Waals surface area contributed by atoms with Crippen molar-refractivity contribution < 1.29 is 5.11 Å². The Morgan fingerprint density at radius 3 is 2.43 bits per heavy atom. The van der Waals surface area contributed by atoms with E-state index in [4.69, 9.17) is 0 Å². The molecule has 1 heterocycles. The molecule has 14 heavy (non-hydrogen) atoms. The Hall–Kier alpha value is 0.270. The largest absolute Gasteiger partial charge is 0.389 e. The molecule has 0 bridgehead atoms. The molecule has 1 aliphatic heterocycles. The predicted molar refractivity (Wildman–Crippen MR) is 63.8 cm³/mol. The molecule has 3 heteroatoms. The zero-order chi connectivity index (χ0) is 10.8. The smallest absolute Gasteiger partial charge is 0.0718 e. The lowest BCUT2D eigenvalue weighted by atomic mass is 10.1. The summed E-state index contributed by atoms with van der Waals surface area (Å²) in [6.07, 6.45) is 0. The van der Waals surface area contributed by atoms with Gasteiger partial charge in [-0.2, -0.15) is 11.8 Å². The molecule has 0 aromatic carbocycles. The van der Waals surface area contributed by atoms with E-state index in [-0.39, 0.29) is 0 Å². The second-order valence-electron chi connectivity index (χ2n) is 5.36. The third-order valence-electron chi connectivity index (χ3n) is 2.20. The Bertz CT molecular complexity index is 171. The van der Waals surface area contributed by atoms with Gasteiger partial charge in [0.15, 0.2) is 0 Å². The van der Waals surface area contributed by atoms with Crippen molar-refractivity contribution in [1.29, 1.82) is 0 Å². The SMILES string of the molecule is CC(C)CSC1CN(CC(C)(C)O)C1. The zero-order valence-electron chi connectivity index (χ0n) is 9.79. The molecule has 2 nitrogen and oxygen atoms in total. The van der Waals surface area contributed by atoms with E-state index < -0.39 is 5.60 Å². The molecular formula is C11H23NOS. The maximum absolute atomic E-state index is 9.61. The van der Waals surface area contributed by atoms with E-state index >= 15 is 0 Å². The average Bonchev–Trinajstić information content (AvgIpc) is 1.90. The van der Waals surface area contributed by atoms with Crippen LogP contribution in [-0.4, -0.2) is 46.2 Å². The maximum atomic E-state index is 9.61. The average molecular weight is 217 g/mol. The molecule has 1 aliphatic rings. The molecule has 0 spiro atoms. The van der Waals surface area contributed by atoms with E-state index in [0.29, 0.717) is 0 Å². The van der Waals surface area contributed by atoms with Gasteiger partial charge in [-0.05, 0) is 25.5 Å². The number of thioether (sulfide) groups is 1. The Morgan fingerprint density at radius 2 is 2.00 bits per heavy atom. The number of hydrogen-bond donors (Lipinski definition) is 1. The lowest BCUT2D eigenvalue weighted by molar-refractivity contribution is 0.0179. The van der Waals surface area contributed by atoms with Crippen molar-refractivity contribution in [2.45, 2.75) is 38.5 Å². The molecular weight excluding hydrogens is 194 g/mol. The van der Waals surface area contributed by atoms with Crippen LogP contribution in [0.5, 0.6) is 0 Å². The highest BCUT2D eigenvalue weighted by molar-refractivity contribution is 8.00. The van der Waals surface area contributed by atoms with E-state index in [1.165, 1.54) is 5.75 Å². The maximum Gasteiger partial charge on any atom is 0.0718 e. The van der Waals surface area contributed by atoms with Crippen molar-refractivity contribution in [3.05, 3.63) is 0 Å². The molecule has 0 aliphatic carbocycles. The molecule has 0 saturated carbocycles. The monoisotopic (exact) mass is 217 g/mol. The fourth-order valence-electron chi connectivity index (χ4n) is 1.63. The summed E-state index contributed by atoms with van der Waals surface area (Å²) in [6, 6.07) is 0. The van der Waals surface area contributed by atoms with Gasteiger partial charge in [-0.15, -0.1) is 0 Å². The van der Waals surface area contributed by atoms with Gasteiger partial charge in [0.05, 0.1) is 5.60 Å². The highest BCUT2D eigenvalue weighted by Crippen LogP contribution is 2.25. The Labute approximate surface area is 92.1 Å². The molecule has 0 aromatic rings. The van der Waals surface area contributed by atoms with Gasteiger partial charge < -0.3 is 5.11 Å². The van der Waals surface area contributed by atoms with E-state index in [1.54, 1.807) is 0 Å². The first-order chi connectivity index (χ1) is 6.37. The zero-order valence-corrected chi connectivity index (χ0v) is 10.6. The minimum Gasteiger partial charge on any atom is -0.389 e. The minimum absolute atomic E-state index is 0.534. The third kappa shape index (κ3) is 4.67. The summed E-state index contributed by atoms with van der Waals surface area (Å²) in [5.74, 6) is 2.06. The van der Waals surface area contributed by atoms with Crippen LogP contribution in [0.15, 0.2) is 0 Å². The second-order valence-corrected chi connectivity index (χ2v) is 6.69. The van der Waals surface area contributed by atoms with Crippen LogP contribution in [0.2, 0.25) is 0 Å². The Kier molecular flexibility index (Phi) is 4.29. The molecule has 1 saturated heterocycles. The van der Waals surface area contributed by atoms with Gasteiger partial charge in [-0.1, -0.05) is 13.8 Å². The van der Waals surface area contributed by atoms with Gasteiger partial charge in [0.2, 0.25) is 0 Å². The van der Waals surface area contributed by atoms with Crippen molar-refractivity contribution in [1.82, 2.24) is 4.90 Å². The topological polar surface area (TPSA) is 23.5 Å². The highest BCUT2D eigenvalue weighted by atomic mass is 32.2. The van der Waals surface area contributed by atoms with Crippen LogP contribution in [0.1, 0.15) is 27.7 Å². The summed E-state index contributed by atoms with van der Waals surface area (Å²) in [4.78, 5) is 2.33. The van der Waals surface area contributed by atoms with Crippen LogP contribution in [0, 0.1) is 5.92 Å². The summed E-state index contributed by atoms with van der Waals surface area (Å²) in [6.45, 7) is 11.4. The quantitative estimate of drug-likeness (QED) is 0.760. The lowest BCUT2D eigenvalue weighted by Crippen LogP contribution is -2.53. The number of hydrogen-bond acceptors (Lipinski definition) is 3. The minimum atomic E-state index is -0.534. The molecule has 0 unspecified atom stereocenters. The number of likely N-dealkylation sites (tertiary alicyclic amines) is 1. The number of β-amino-alcohol motifs (C(OH)–C–C–N with tert-alkyl or cyclic N) is 1. The van der Waals surface area contributed by atoms with Gasteiger partial charge in [-0.25, -0.2) is 0 Å². The summed E-state index contributed by atoms with van der Waals surface area (Å²) < 4.78 is 0. The number of rotatable bonds is 5. The summed E-state index contributed by atoms with van der Waals surface area (Å²) in [7, 11) is 0. The van der Waals surface area contributed by atoms with E-state index in [1.807, 2.05) is 13.8 Å². The van der Waals surface area contributed by atoms with Crippen LogP contribution in [0.4, 0.5) is 0 Å². The van der Waals surface area contributed by atoms with Crippen molar-refractivity contribution in [2.75, 3.05) is 25.4 Å². The second kappa shape index (κ2) is 4.86. The fraction of sp³-hybridized carbons (Fsp3) is 1.00.